The van der Waals surface area contributed by atoms with Gasteiger partial charge in [0.05, 0.1) is 16.5 Å². The Balaban J connectivity index is 2.12. The van der Waals surface area contributed by atoms with Crippen molar-refractivity contribution in [1.29, 1.82) is 0 Å². The van der Waals surface area contributed by atoms with Gasteiger partial charge in [0.2, 0.25) is 15.8 Å². The van der Waals surface area contributed by atoms with Gasteiger partial charge in [-0.1, -0.05) is 0 Å². The maximum absolute atomic E-state index is 14.8. The van der Waals surface area contributed by atoms with Crippen LogP contribution in [-0.2, 0) is 10.0 Å². The second-order valence-corrected chi connectivity index (χ2v) is 8.66. The van der Waals surface area contributed by atoms with Gasteiger partial charge in [-0.15, -0.1) is 0 Å². The smallest absolute Gasteiger partial charge is 0.235 e. The molecule has 142 valence electrons. The van der Waals surface area contributed by atoms with Crippen molar-refractivity contribution in [3.63, 3.8) is 0 Å². The maximum atomic E-state index is 14.8. The summed E-state index contributed by atoms with van der Waals surface area (Å²) >= 11 is 0. The van der Waals surface area contributed by atoms with Gasteiger partial charge in [0, 0.05) is 23.3 Å². The first-order valence-corrected chi connectivity index (χ1v) is 9.64. The van der Waals surface area contributed by atoms with Crippen molar-refractivity contribution in [2.24, 2.45) is 0 Å². The first-order valence-electron chi connectivity index (χ1n) is 8.10. The molecule has 0 unspecified atom stereocenters. The predicted octanol–water partition coefficient (Wildman–Crippen LogP) is 3.53. The Morgan fingerprint density at radius 2 is 1.96 bits per heavy atom. The minimum absolute atomic E-state index is 0.0443. The van der Waals surface area contributed by atoms with Crippen molar-refractivity contribution in [1.82, 2.24) is 9.97 Å². The van der Waals surface area contributed by atoms with E-state index in [1.54, 1.807) is 19.2 Å². The molecular weight excluding hydrogens is 376 g/mol. The lowest BCUT2D eigenvalue weighted by atomic mass is 10.0. The molecule has 0 saturated heterocycles. The molecule has 2 aromatic heterocycles. The average molecular weight is 393 g/mol. The Kier molecular flexibility index (Phi) is 4.73. The Bertz CT molecular complexity index is 1150. The van der Waals surface area contributed by atoms with E-state index in [1.165, 1.54) is 20.0 Å². The number of fused-ring (bicyclic) bond motifs is 1. The summed E-state index contributed by atoms with van der Waals surface area (Å²) in [5.41, 5.74) is -0.0937. The van der Waals surface area contributed by atoms with Crippen molar-refractivity contribution in [2.75, 3.05) is 4.72 Å². The summed E-state index contributed by atoms with van der Waals surface area (Å²) in [7, 11) is -3.86. The monoisotopic (exact) mass is 393 g/mol. The van der Waals surface area contributed by atoms with Crippen LogP contribution < -0.4 is 4.72 Å². The molecule has 27 heavy (non-hydrogen) atoms. The number of H-pyrrole nitrogens is 1. The molecule has 0 saturated carbocycles. The molecule has 0 fully saturated rings. The van der Waals surface area contributed by atoms with Gasteiger partial charge in [-0.2, -0.15) is 0 Å². The molecule has 2 N–H and O–H groups in total. The number of hydrogen-bond acceptors (Lipinski definition) is 4. The van der Waals surface area contributed by atoms with Crippen molar-refractivity contribution >= 4 is 32.5 Å². The van der Waals surface area contributed by atoms with Crippen LogP contribution in [0.3, 0.4) is 0 Å². The number of rotatable bonds is 5. The highest BCUT2D eigenvalue weighted by Crippen LogP contribution is 2.28. The van der Waals surface area contributed by atoms with E-state index in [0.717, 1.165) is 17.7 Å². The zero-order valence-corrected chi connectivity index (χ0v) is 15.6. The van der Waals surface area contributed by atoms with Gasteiger partial charge >= 0.3 is 0 Å². The zero-order chi connectivity index (χ0) is 19.9. The van der Waals surface area contributed by atoms with Crippen molar-refractivity contribution in [3.8, 4) is 0 Å². The number of nitrogens with zero attached hydrogens (tertiary/aromatic N) is 1. The van der Waals surface area contributed by atoms with E-state index >= 15 is 0 Å². The number of sulfonamides is 1. The topological polar surface area (TPSA) is 91.9 Å². The van der Waals surface area contributed by atoms with Crippen molar-refractivity contribution < 1.29 is 22.0 Å². The number of carbonyl (C=O) groups excluding carboxylic acids is 1. The molecular formula is C18H17F2N3O3S. The molecule has 0 radical (unpaired) electrons. The lowest BCUT2D eigenvalue weighted by Gasteiger charge is -2.13. The number of ketones is 1. The highest BCUT2D eigenvalue weighted by Gasteiger charge is 2.26. The number of aryl methyl sites for hydroxylation is 1. The molecule has 3 rings (SSSR count). The van der Waals surface area contributed by atoms with E-state index in [4.69, 9.17) is 0 Å². The van der Waals surface area contributed by atoms with Crippen LogP contribution in [-0.4, -0.2) is 29.4 Å². The fourth-order valence-corrected chi connectivity index (χ4v) is 3.24. The number of carbonyl (C=O) groups is 1. The average Bonchev–Trinajstić information content (AvgIpc) is 3.00. The van der Waals surface area contributed by atoms with E-state index < -0.39 is 43.9 Å². The SMILES string of the molecule is Cc1cnc2[nH]cc(C(=O)c3c(F)ccc(NS(=O)(=O)C(C)C)c3F)c2c1. The molecule has 9 heteroatoms. The summed E-state index contributed by atoms with van der Waals surface area (Å²) in [6.45, 7) is 4.60. The van der Waals surface area contributed by atoms with Crippen LogP contribution in [0, 0.1) is 18.6 Å². The van der Waals surface area contributed by atoms with Crippen LogP contribution in [0.5, 0.6) is 0 Å². The number of nitrogens with one attached hydrogen (secondary N) is 2. The predicted molar refractivity (Wildman–Crippen MR) is 98.3 cm³/mol. The van der Waals surface area contributed by atoms with Crippen molar-refractivity contribution in [3.05, 3.63) is 58.9 Å². The van der Waals surface area contributed by atoms with Gasteiger partial charge in [0.15, 0.2) is 5.82 Å². The third-order valence-corrected chi connectivity index (χ3v) is 5.85. The summed E-state index contributed by atoms with van der Waals surface area (Å²) in [5.74, 6) is -3.26. The minimum atomic E-state index is -3.86. The summed E-state index contributed by atoms with van der Waals surface area (Å²) < 4.78 is 55.2. The molecule has 0 spiro atoms. The van der Waals surface area contributed by atoms with Crippen LogP contribution >= 0.6 is 0 Å². The Morgan fingerprint density at radius 3 is 2.63 bits per heavy atom. The summed E-state index contributed by atoms with van der Waals surface area (Å²) in [6, 6.07) is 3.47. The van der Waals surface area contributed by atoms with E-state index in [9.17, 15) is 22.0 Å². The minimum Gasteiger partial charge on any atom is -0.345 e. The molecule has 6 nitrogen and oxygen atoms in total. The van der Waals surface area contributed by atoms with Gasteiger partial charge in [0.1, 0.15) is 11.5 Å². The number of aromatic amines is 1. The Labute approximate surface area is 154 Å². The van der Waals surface area contributed by atoms with E-state index in [0.29, 0.717) is 11.0 Å². The first-order chi connectivity index (χ1) is 12.6. The summed E-state index contributed by atoms with van der Waals surface area (Å²) in [5, 5.41) is -0.407. The van der Waals surface area contributed by atoms with E-state index in [-0.39, 0.29) is 5.56 Å². The molecule has 2 heterocycles. The Morgan fingerprint density at radius 1 is 1.26 bits per heavy atom. The third kappa shape index (κ3) is 3.42. The fraction of sp³-hybridized carbons (Fsp3) is 0.222. The molecule has 0 aliphatic heterocycles. The molecule has 0 aliphatic rings. The number of hydrogen-bond donors (Lipinski definition) is 2. The molecule has 0 amide bonds. The maximum Gasteiger partial charge on any atom is 0.235 e. The lowest BCUT2D eigenvalue weighted by Crippen LogP contribution is -2.23. The van der Waals surface area contributed by atoms with Gasteiger partial charge < -0.3 is 4.98 Å². The number of benzene rings is 1. The number of anilines is 1. The highest BCUT2D eigenvalue weighted by atomic mass is 32.2. The zero-order valence-electron chi connectivity index (χ0n) is 14.8. The molecule has 0 aliphatic carbocycles. The first kappa shape index (κ1) is 19.0. The number of pyridine rings is 1. The lowest BCUT2D eigenvalue weighted by molar-refractivity contribution is 0.103. The van der Waals surface area contributed by atoms with Gasteiger partial charge in [-0.3, -0.25) is 9.52 Å². The summed E-state index contributed by atoms with van der Waals surface area (Å²) in [6.07, 6.45) is 2.92. The third-order valence-electron chi connectivity index (χ3n) is 4.10. The van der Waals surface area contributed by atoms with Gasteiger partial charge in [0.25, 0.3) is 0 Å². The normalized spacial score (nSPS) is 11.9. The van der Waals surface area contributed by atoms with Crippen LogP contribution in [0.2, 0.25) is 0 Å². The number of halogens is 2. The molecule has 3 aromatic rings. The van der Waals surface area contributed by atoms with Crippen LogP contribution in [0.25, 0.3) is 11.0 Å². The van der Waals surface area contributed by atoms with Gasteiger partial charge in [-0.05, 0) is 44.5 Å². The Hall–Kier alpha value is -2.81. The van der Waals surface area contributed by atoms with Crippen LogP contribution in [0.15, 0.2) is 30.6 Å². The number of aromatic nitrogens is 2. The fourth-order valence-electron chi connectivity index (χ4n) is 2.54. The summed E-state index contributed by atoms with van der Waals surface area (Å²) in [4.78, 5) is 19.7. The molecule has 1 aromatic carbocycles. The second kappa shape index (κ2) is 6.73. The molecule has 0 atom stereocenters. The second-order valence-electron chi connectivity index (χ2n) is 6.42. The largest absolute Gasteiger partial charge is 0.345 e. The molecule has 0 bridgehead atoms. The quantitative estimate of drug-likeness (QED) is 0.649. The van der Waals surface area contributed by atoms with Crippen LogP contribution in [0.1, 0.15) is 35.3 Å². The highest BCUT2D eigenvalue weighted by molar-refractivity contribution is 7.93. The van der Waals surface area contributed by atoms with E-state index in [2.05, 4.69) is 14.7 Å². The van der Waals surface area contributed by atoms with Crippen LogP contribution in [0.4, 0.5) is 14.5 Å². The van der Waals surface area contributed by atoms with E-state index in [1.807, 2.05) is 0 Å². The standard InChI is InChI=1S/C18H17F2N3O3S/c1-9(2)27(25,26)23-14-5-4-13(19)15(16(14)20)17(24)12-8-22-18-11(12)6-10(3)7-21-18/h4-9,23H,1-3H3,(H,21,22). The van der Waals surface area contributed by atoms with Gasteiger partial charge in [-0.25, -0.2) is 22.2 Å². The van der Waals surface area contributed by atoms with Crippen molar-refractivity contribution in [2.45, 2.75) is 26.0 Å².